The highest BCUT2D eigenvalue weighted by Crippen LogP contribution is 2.33. The third-order valence-corrected chi connectivity index (χ3v) is 3.37. The van der Waals surface area contributed by atoms with Crippen molar-refractivity contribution in [3.05, 3.63) is 44.7 Å². The monoisotopic (exact) mass is 371 g/mol. The van der Waals surface area contributed by atoms with E-state index in [1.807, 2.05) is 6.92 Å². The first-order valence-electron chi connectivity index (χ1n) is 6.88. The number of aromatic nitrogens is 2. The molecule has 1 aromatic carbocycles. The summed E-state index contributed by atoms with van der Waals surface area (Å²) in [6, 6.07) is 4.55. The maximum Gasteiger partial charge on any atom is 0.353 e. The summed E-state index contributed by atoms with van der Waals surface area (Å²) in [6.07, 6.45) is 1.23. The molecule has 0 aliphatic heterocycles. The van der Waals surface area contributed by atoms with Gasteiger partial charge in [0.05, 0.1) is 11.5 Å². The number of nitrogens with zero attached hydrogens (tertiary/aromatic N) is 3. The Hall–Kier alpha value is -2.16. The van der Waals surface area contributed by atoms with Crippen LogP contribution < -0.4 is 10.6 Å². The number of ether oxygens (including phenoxy) is 1. The van der Waals surface area contributed by atoms with E-state index in [4.69, 9.17) is 27.9 Å². The Labute approximate surface area is 148 Å². The van der Waals surface area contributed by atoms with Crippen LogP contribution in [-0.2, 0) is 4.74 Å². The summed E-state index contributed by atoms with van der Waals surface area (Å²) in [5.41, 5.74) is 0.196. The van der Waals surface area contributed by atoms with E-state index >= 15 is 0 Å². The van der Waals surface area contributed by atoms with Gasteiger partial charge in [0, 0.05) is 28.9 Å². The van der Waals surface area contributed by atoms with E-state index in [0.29, 0.717) is 22.3 Å². The van der Waals surface area contributed by atoms with Crippen molar-refractivity contribution in [2.45, 2.75) is 13.0 Å². The molecule has 2 aromatic rings. The molecule has 24 heavy (non-hydrogen) atoms. The van der Waals surface area contributed by atoms with Crippen LogP contribution >= 0.6 is 23.2 Å². The van der Waals surface area contributed by atoms with Gasteiger partial charge in [-0.05, 0) is 25.1 Å². The normalized spacial score (nSPS) is 11.8. The molecule has 128 valence electrons. The molecule has 0 bridgehead atoms. The van der Waals surface area contributed by atoms with E-state index in [1.165, 1.54) is 6.33 Å². The van der Waals surface area contributed by atoms with E-state index in [1.54, 1.807) is 25.3 Å². The summed E-state index contributed by atoms with van der Waals surface area (Å²) >= 11 is 11.9. The molecule has 0 radical (unpaired) electrons. The molecule has 1 unspecified atom stereocenters. The maximum absolute atomic E-state index is 11.5. The number of hydrogen-bond acceptors (Lipinski definition) is 7. The number of rotatable bonds is 7. The van der Waals surface area contributed by atoms with Crippen molar-refractivity contribution in [1.29, 1.82) is 0 Å². The predicted molar refractivity (Wildman–Crippen MR) is 93.4 cm³/mol. The summed E-state index contributed by atoms with van der Waals surface area (Å²) in [6.45, 7) is 2.19. The lowest BCUT2D eigenvalue weighted by atomic mass is 10.3. The van der Waals surface area contributed by atoms with E-state index in [0.717, 1.165) is 0 Å². The molecule has 0 amide bonds. The van der Waals surface area contributed by atoms with Crippen LogP contribution in [0.5, 0.6) is 0 Å². The topological polar surface area (TPSA) is 102 Å². The zero-order valence-corrected chi connectivity index (χ0v) is 14.4. The van der Waals surface area contributed by atoms with Crippen LogP contribution in [0.4, 0.5) is 23.0 Å². The lowest BCUT2D eigenvalue weighted by Gasteiger charge is -2.14. The summed E-state index contributed by atoms with van der Waals surface area (Å²) in [5, 5.41) is 18.0. The van der Waals surface area contributed by atoms with Gasteiger partial charge in [0.2, 0.25) is 11.6 Å². The van der Waals surface area contributed by atoms with Crippen molar-refractivity contribution in [2.75, 3.05) is 24.4 Å². The van der Waals surface area contributed by atoms with Crippen molar-refractivity contribution in [3.8, 4) is 0 Å². The Morgan fingerprint density at radius 1 is 1.25 bits per heavy atom. The van der Waals surface area contributed by atoms with Gasteiger partial charge in [-0.2, -0.15) is 0 Å². The average molecular weight is 372 g/mol. The van der Waals surface area contributed by atoms with Crippen LogP contribution in [-0.4, -0.2) is 34.6 Å². The molecule has 8 nitrogen and oxygen atoms in total. The zero-order valence-electron chi connectivity index (χ0n) is 12.9. The Balaban J connectivity index is 2.37. The minimum Gasteiger partial charge on any atom is -0.383 e. The van der Waals surface area contributed by atoms with Gasteiger partial charge in [-0.25, -0.2) is 9.97 Å². The van der Waals surface area contributed by atoms with Gasteiger partial charge in [-0.3, -0.25) is 10.1 Å². The second-order valence-corrected chi connectivity index (χ2v) is 5.83. The van der Waals surface area contributed by atoms with Crippen molar-refractivity contribution in [2.24, 2.45) is 0 Å². The molecule has 0 saturated carbocycles. The smallest absolute Gasteiger partial charge is 0.353 e. The largest absolute Gasteiger partial charge is 0.383 e. The number of halogens is 2. The van der Waals surface area contributed by atoms with Gasteiger partial charge in [0.1, 0.15) is 6.33 Å². The van der Waals surface area contributed by atoms with Crippen LogP contribution in [0.3, 0.4) is 0 Å². The molecule has 2 rings (SSSR count). The van der Waals surface area contributed by atoms with Gasteiger partial charge in [-0.15, -0.1) is 0 Å². The first-order chi connectivity index (χ1) is 11.4. The average Bonchev–Trinajstić information content (AvgIpc) is 2.46. The molecular formula is C14H15Cl2N5O3. The molecule has 0 aliphatic carbocycles. The van der Waals surface area contributed by atoms with E-state index in [2.05, 4.69) is 20.6 Å². The maximum atomic E-state index is 11.5. The molecule has 10 heteroatoms. The Kier molecular flexibility index (Phi) is 6.13. The molecule has 0 fully saturated rings. The first-order valence-corrected chi connectivity index (χ1v) is 7.64. The van der Waals surface area contributed by atoms with E-state index in [9.17, 15) is 10.1 Å². The van der Waals surface area contributed by atoms with E-state index < -0.39 is 4.92 Å². The quantitative estimate of drug-likeness (QED) is 0.562. The fourth-order valence-corrected chi connectivity index (χ4v) is 2.56. The van der Waals surface area contributed by atoms with Crippen LogP contribution in [0.15, 0.2) is 24.5 Å². The van der Waals surface area contributed by atoms with Crippen molar-refractivity contribution in [3.63, 3.8) is 0 Å². The van der Waals surface area contributed by atoms with Crippen molar-refractivity contribution in [1.82, 2.24) is 9.97 Å². The lowest BCUT2D eigenvalue weighted by Crippen LogP contribution is -2.22. The fourth-order valence-electron chi connectivity index (χ4n) is 2.04. The third kappa shape index (κ3) is 4.67. The van der Waals surface area contributed by atoms with Crippen LogP contribution in [0.25, 0.3) is 0 Å². The molecule has 0 aliphatic rings. The van der Waals surface area contributed by atoms with Gasteiger partial charge < -0.3 is 15.4 Å². The Morgan fingerprint density at radius 3 is 2.46 bits per heavy atom. The minimum atomic E-state index is -0.559. The molecular weight excluding hydrogens is 357 g/mol. The standard InChI is InChI=1S/C14H15Cl2N5O3/c1-8(6-24-2)19-13-12(21(22)23)14(18-7-17-13)20-11-4-9(15)3-10(16)5-11/h3-5,7-8H,6H2,1-2H3,(H2,17,18,19,20). The number of hydrogen-bond donors (Lipinski definition) is 2. The molecule has 0 saturated heterocycles. The second-order valence-electron chi connectivity index (χ2n) is 4.96. The molecule has 1 heterocycles. The molecule has 1 atom stereocenters. The SMILES string of the molecule is COCC(C)Nc1ncnc(Nc2cc(Cl)cc(Cl)c2)c1[N+](=O)[O-]. The Bertz CT molecular complexity index is 724. The van der Waals surface area contributed by atoms with Crippen LogP contribution in [0.2, 0.25) is 10.0 Å². The van der Waals surface area contributed by atoms with Gasteiger partial charge in [0.15, 0.2) is 0 Å². The molecule has 1 aromatic heterocycles. The highest BCUT2D eigenvalue weighted by Gasteiger charge is 2.24. The van der Waals surface area contributed by atoms with Crippen LogP contribution in [0.1, 0.15) is 6.92 Å². The summed E-state index contributed by atoms with van der Waals surface area (Å²) in [4.78, 5) is 18.8. The van der Waals surface area contributed by atoms with E-state index in [-0.39, 0.29) is 23.4 Å². The zero-order chi connectivity index (χ0) is 17.7. The lowest BCUT2D eigenvalue weighted by molar-refractivity contribution is -0.383. The molecule has 2 N–H and O–H groups in total. The van der Waals surface area contributed by atoms with Crippen molar-refractivity contribution >= 4 is 46.2 Å². The summed E-state index contributed by atoms with van der Waals surface area (Å²) in [7, 11) is 1.54. The number of benzene rings is 1. The van der Waals surface area contributed by atoms with Gasteiger partial charge in [0.25, 0.3) is 0 Å². The summed E-state index contributed by atoms with van der Waals surface area (Å²) < 4.78 is 5.01. The Morgan fingerprint density at radius 2 is 1.88 bits per heavy atom. The number of methoxy groups -OCH3 is 1. The second kappa shape index (κ2) is 8.09. The minimum absolute atomic E-state index is 0.0282. The first kappa shape index (κ1) is 18.2. The highest BCUT2D eigenvalue weighted by atomic mass is 35.5. The third-order valence-electron chi connectivity index (χ3n) is 2.93. The van der Waals surface area contributed by atoms with Gasteiger partial charge in [-0.1, -0.05) is 23.2 Å². The van der Waals surface area contributed by atoms with Crippen molar-refractivity contribution < 1.29 is 9.66 Å². The van der Waals surface area contributed by atoms with Gasteiger partial charge >= 0.3 is 5.69 Å². The highest BCUT2D eigenvalue weighted by molar-refractivity contribution is 6.35. The molecule has 0 spiro atoms. The predicted octanol–water partition coefficient (Wildman–Crippen LogP) is 3.88. The number of anilines is 3. The van der Waals surface area contributed by atoms with Crippen LogP contribution in [0, 0.1) is 10.1 Å². The number of nitrogens with one attached hydrogen (secondary N) is 2. The summed E-state index contributed by atoms with van der Waals surface area (Å²) in [5.74, 6) is 0.121. The fraction of sp³-hybridized carbons (Fsp3) is 0.286. The number of nitro groups is 1.